The molecule has 0 aliphatic rings. The van der Waals surface area contributed by atoms with Crippen LogP contribution in [0.2, 0.25) is 5.02 Å². The number of hydrogen-bond donors (Lipinski definition) is 0. The van der Waals surface area contributed by atoms with Crippen LogP contribution < -0.4 is 0 Å². The molecule has 5 nitrogen and oxygen atoms in total. The predicted molar refractivity (Wildman–Crippen MR) is 93.2 cm³/mol. The number of carbonyl (C=O) groups excluding carboxylic acids is 1. The SMILES string of the molecule is CC(=O)c1c([S+]([O-])c2cncnc2)nc2c(Cl)ccc(C)c2c1C(F)(F)F. The van der Waals surface area contributed by atoms with E-state index in [2.05, 4.69) is 15.0 Å². The highest BCUT2D eigenvalue weighted by molar-refractivity contribution is 7.91. The molecular weight excluding hydrogens is 403 g/mol. The molecule has 0 fully saturated rings. The average molecular weight is 414 g/mol. The van der Waals surface area contributed by atoms with Crippen molar-refractivity contribution in [2.24, 2.45) is 0 Å². The molecule has 0 N–H and O–H groups in total. The molecule has 10 heteroatoms. The Balaban J connectivity index is 2.49. The highest BCUT2D eigenvalue weighted by Gasteiger charge is 2.42. The molecule has 1 unspecified atom stereocenters. The molecule has 27 heavy (non-hydrogen) atoms. The van der Waals surface area contributed by atoms with E-state index in [0.717, 1.165) is 6.92 Å². The van der Waals surface area contributed by atoms with Gasteiger partial charge in [0.1, 0.15) is 11.9 Å². The summed E-state index contributed by atoms with van der Waals surface area (Å²) in [6.07, 6.45) is -1.33. The fraction of sp³-hybridized carbons (Fsp3) is 0.176. The fourth-order valence-electron chi connectivity index (χ4n) is 2.72. The zero-order chi connectivity index (χ0) is 19.9. The molecule has 0 saturated heterocycles. The lowest BCUT2D eigenvalue weighted by atomic mass is 9.97. The average Bonchev–Trinajstić information content (AvgIpc) is 2.62. The maximum Gasteiger partial charge on any atom is 0.418 e. The fourth-order valence-corrected chi connectivity index (χ4v) is 4.06. The largest absolute Gasteiger partial charge is 0.605 e. The van der Waals surface area contributed by atoms with Gasteiger partial charge in [-0.1, -0.05) is 17.7 Å². The predicted octanol–water partition coefficient (Wildman–Crippen LogP) is 4.37. The van der Waals surface area contributed by atoms with Crippen molar-refractivity contribution >= 4 is 39.5 Å². The van der Waals surface area contributed by atoms with E-state index < -0.39 is 39.3 Å². The standard InChI is InChI=1S/C17H11ClF3N3O2S/c1-8-3-4-11(18)15-12(8)14(17(19,20)21)13(9(2)25)16(24-15)27(26)10-5-22-7-23-6-10/h3-7H,1-2H3. The summed E-state index contributed by atoms with van der Waals surface area (Å²) in [7, 11) is 0. The lowest BCUT2D eigenvalue weighted by Crippen LogP contribution is -2.20. The molecule has 0 bridgehead atoms. The Morgan fingerprint density at radius 3 is 2.41 bits per heavy atom. The molecule has 0 radical (unpaired) electrons. The van der Waals surface area contributed by atoms with Gasteiger partial charge in [-0.3, -0.25) is 4.79 Å². The van der Waals surface area contributed by atoms with Gasteiger partial charge in [-0.25, -0.2) is 9.97 Å². The summed E-state index contributed by atoms with van der Waals surface area (Å²) in [6, 6.07) is 2.81. The van der Waals surface area contributed by atoms with E-state index >= 15 is 0 Å². The number of aromatic nitrogens is 3. The van der Waals surface area contributed by atoms with Gasteiger partial charge >= 0.3 is 6.18 Å². The molecule has 1 atom stereocenters. The van der Waals surface area contributed by atoms with Crippen molar-refractivity contribution < 1.29 is 22.5 Å². The Morgan fingerprint density at radius 1 is 1.22 bits per heavy atom. The number of hydrogen-bond acceptors (Lipinski definition) is 5. The van der Waals surface area contributed by atoms with E-state index in [4.69, 9.17) is 11.6 Å². The van der Waals surface area contributed by atoms with Crippen molar-refractivity contribution in [3.05, 3.63) is 52.6 Å². The first-order valence-corrected chi connectivity index (χ1v) is 9.03. The van der Waals surface area contributed by atoms with Crippen molar-refractivity contribution in [3.8, 4) is 0 Å². The molecule has 0 aliphatic heterocycles. The quantitative estimate of drug-likeness (QED) is 0.470. The first kappa shape index (κ1) is 19.5. The maximum absolute atomic E-state index is 13.9. The van der Waals surface area contributed by atoms with Gasteiger partial charge in [0.25, 0.3) is 5.03 Å². The Labute approximate surface area is 159 Å². The van der Waals surface area contributed by atoms with Gasteiger partial charge in [-0.15, -0.1) is 0 Å². The summed E-state index contributed by atoms with van der Waals surface area (Å²) >= 11 is 3.86. The van der Waals surface area contributed by atoms with Gasteiger partial charge in [0.05, 0.1) is 28.5 Å². The highest BCUT2D eigenvalue weighted by Crippen LogP contribution is 2.42. The van der Waals surface area contributed by atoms with Crippen molar-refractivity contribution in [2.75, 3.05) is 0 Å². The normalized spacial score (nSPS) is 13.0. The number of alkyl halides is 3. The van der Waals surface area contributed by atoms with Gasteiger partial charge in [0.2, 0.25) is 0 Å². The summed E-state index contributed by atoms with van der Waals surface area (Å²) in [6.45, 7) is 2.43. The van der Waals surface area contributed by atoms with Crippen LogP contribution in [0.25, 0.3) is 10.9 Å². The molecule has 3 rings (SSSR count). The van der Waals surface area contributed by atoms with Gasteiger partial charge in [0.15, 0.2) is 10.7 Å². The van der Waals surface area contributed by atoms with E-state index in [1.54, 1.807) is 0 Å². The topological polar surface area (TPSA) is 78.8 Å². The molecule has 0 saturated carbocycles. The summed E-state index contributed by atoms with van der Waals surface area (Å²) in [4.78, 5) is 23.7. The second-order valence-corrected chi connectivity index (χ2v) is 7.45. The van der Waals surface area contributed by atoms with Crippen molar-refractivity contribution in [1.29, 1.82) is 0 Å². The van der Waals surface area contributed by atoms with Gasteiger partial charge in [-0.2, -0.15) is 18.2 Å². The Kier molecular flexibility index (Phi) is 5.11. The number of rotatable bonds is 3. The number of carbonyl (C=O) groups is 1. The highest BCUT2D eigenvalue weighted by atomic mass is 35.5. The zero-order valence-corrected chi connectivity index (χ0v) is 15.5. The number of pyridine rings is 1. The Hall–Kier alpha value is -2.23. The molecule has 1 aromatic carbocycles. The number of ketones is 1. The second-order valence-electron chi connectivity index (χ2n) is 5.65. The minimum absolute atomic E-state index is 0.0174. The van der Waals surface area contributed by atoms with Crippen molar-refractivity contribution in [2.45, 2.75) is 29.9 Å². The number of Topliss-reactive ketones (excluding diaryl/α,β-unsaturated/α-hetero) is 1. The minimum atomic E-state index is -4.89. The number of aryl methyl sites for hydroxylation is 1. The van der Waals surface area contributed by atoms with Crippen LogP contribution in [0.5, 0.6) is 0 Å². The first-order chi connectivity index (χ1) is 12.6. The molecule has 3 aromatic rings. The van der Waals surface area contributed by atoms with E-state index in [1.165, 1.54) is 37.8 Å². The first-order valence-electron chi connectivity index (χ1n) is 7.50. The van der Waals surface area contributed by atoms with Crippen LogP contribution in [0.15, 0.2) is 40.8 Å². The maximum atomic E-state index is 13.9. The van der Waals surface area contributed by atoms with Crippen LogP contribution in [0, 0.1) is 6.92 Å². The van der Waals surface area contributed by atoms with Crippen LogP contribution in [-0.4, -0.2) is 25.3 Å². The molecule has 0 amide bonds. The van der Waals surface area contributed by atoms with Gasteiger partial charge in [0, 0.05) is 16.6 Å². The van der Waals surface area contributed by atoms with E-state index in [9.17, 15) is 22.5 Å². The van der Waals surface area contributed by atoms with E-state index in [-0.39, 0.29) is 26.4 Å². The lowest BCUT2D eigenvalue weighted by Gasteiger charge is -2.19. The Morgan fingerprint density at radius 2 is 1.85 bits per heavy atom. The van der Waals surface area contributed by atoms with E-state index in [0.29, 0.717) is 0 Å². The van der Waals surface area contributed by atoms with Crippen LogP contribution >= 0.6 is 11.6 Å². The Bertz CT molecular complexity index is 1050. The van der Waals surface area contributed by atoms with Gasteiger partial charge < -0.3 is 4.55 Å². The van der Waals surface area contributed by atoms with E-state index in [1.807, 2.05) is 0 Å². The van der Waals surface area contributed by atoms with Crippen LogP contribution in [0.4, 0.5) is 13.2 Å². The third-order valence-electron chi connectivity index (χ3n) is 3.83. The third kappa shape index (κ3) is 3.50. The number of fused-ring (bicyclic) bond motifs is 1. The molecule has 0 aliphatic carbocycles. The monoisotopic (exact) mass is 413 g/mol. The third-order valence-corrected chi connectivity index (χ3v) is 5.42. The number of benzene rings is 1. The van der Waals surface area contributed by atoms with Crippen molar-refractivity contribution in [3.63, 3.8) is 0 Å². The molecule has 2 heterocycles. The molecule has 140 valence electrons. The summed E-state index contributed by atoms with van der Waals surface area (Å²) < 4.78 is 54.7. The minimum Gasteiger partial charge on any atom is -0.605 e. The number of nitrogens with zero attached hydrogens (tertiary/aromatic N) is 3. The van der Waals surface area contributed by atoms with Crippen molar-refractivity contribution in [1.82, 2.24) is 15.0 Å². The van der Waals surface area contributed by atoms with Crippen LogP contribution in [-0.2, 0) is 17.4 Å². The molecule has 0 spiro atoms. The smallest absolute Gasteiger partial charge is 0.418 e. The summed E-state index contributed by atoms with van der Waals surface area (Å²) in [5, 5.41) is -0.853. The lowest BCUT2D eigenvalue weighted by molar-refractivity contribution is -0.136. The zero-order valence-electron chi connectivity index (χ0n) is 14.0. The van der Waals surface area contributed by atoms with Gasteiger partial charge in [-0.05, 0) is 25.5 Å². The van der Waals surface area contributed by atoms with Crippen LogP contribution in [0.1, 0.15) is 28.4 Å². The molecular formula is C17H11ClF3N3O2S. The number of halogens is 4. The summed E-state index contributed by atoms with van der Waals surface area (Å²) in [5.41, 5.74) is -1.87. The second kappa shape index (κ2) is 7.06. The van der Waals surface area contributed by atoms with Crippen LogP contribution in [0.3, 0.4) is 0 Å². The molecule has 2 aromatic heterocycles. The summed E-state index contributed by atoms with van der Waals surface area (Å²) in [5.74, 6) is -0.906.